The maximum Gasteiger partial charge on any atom is 0.265 e. The number of hydrogen-bond acceptors (Lipinski definition) is 7. The number of anilines is 2. The number of benzene rings is 2. The molecule has 7 nitrogen and oxygen atoms in total. The summed E-state index contributed by atoms with van der Waals surface area (Å²) >= 11 is 0. The van der Waals surface area contributed by atoms with Crippen LogP contribution < -0.4 is 9.80 Å². The van der Waals surface area contributed by atoms with Crippen LogP contribution in [-0.2, 0) is 15.1 Å². The Morgan fingerprint density at radius 2 is 1.21 bits per heavy atom. The largest absolute Gasteiger partial charge is 0.374 e. The molecule has 39 heavy (non-hydrogen) atoms. The summed E-state index contributed by atoms with van der Waals surface area (Å²) in [6, 6.07) is 13.9. The van der Waals surface area contributed by atoms with Crippen LogP contribution in [0.2, 0.25) is 0 Å². The van der Waals surface area contributed by atoms with Crippen LogP contribution >= 0.6 is 0 Å². The highest BCUT2D eigenvalue weighted by molar-refractivity contribution is 5.89. The molecule has 2 rings (SSSR count). The first-order valence-electron chi connectivity index (χ1n) is 14.6. The molecule has 0 spiro atoms. The second kappa shape index (κ2) is 15.4. The number of aliphatic hydroxyl groups is 3. The maximum atomic E-state index is 13.3. The van der Waals surface area contributed by atoms with E-state index in [1.165, 1.54) is 0 Å². The Bertz CT molecular complexity index is 927. The van der Waals surface area contributed by atoms with Crippen LogP contribution in [0.25, 0.3) is 0 Å². The third-order valence-corrected chi connectivity index (χ3v) is 7.85. The van der Waals surface area contributed by atoms with E-state index in [1.54, 1.807) is 24.3 Å². The third-order valence-electron chi connectivity index (χ3n) is 7.85. The Morgan fingerprint density at radius 3 is 1.56 bits per heavy atom. The van der Waals surface area contributed by atoms with Crippen molar-refractivity contribution in [3.8, 4) is 0 Å². The molecule has 0 aromatic heterocycles. The van der Waals surface area contributed by atoms with Crippen LogP contribution in [0.5, 0.6) is 0 Å². The molecule has 3 N–H and O–H groups in total. The Balaban J connectivity index is 2.45. The summed E-state index contributed by atoms with van der Waals surface area (Å²) in [6.45, 7) is 15.5. The van der Waals surface area contributed by atoms with Crippen LogP contribution in [0.3, 0.4) is 0 Å². The smallest absolute Gasteiger partial charge is 0.265 e. The van der Waals surface area contributed by atoms with Crippen LogP contribution in [0.4, 0.5) is 11.4 Å². The molecule has 0 aliphatic heterocycles. The number of Topliss-reactive ketones (excluding diaryl/α,β-unsaturated/α-hetero) is 1. The molecule has 1 unspecified atom stereocenters. The molecule has 0 amide bonds. The topological polar surface area (TPSA) is 93.5 Å². The summed E-state index contributed by atoms with van der Waals surface area (Å²) < 4.78 is 5.66. The Kier molecular flexibility index (Phi) is 12.9. The van der Waals surface area contributed by atoms with Gasteiger partial charge in [0.1, 0.15) is 6.61 Å². The number of unbranched alkanes of at least 4 members (excludes halogenated alkanes) is 1. The average Bonchev–Trinajstić information content (AvgIpc) is 2.96. The molecule has 0 aliphatic rings. The second-order valence-corrected chi connectivity index (χ2v) is 10.2. The van der Waals surface area contributed by atoms with Crippen molar-refractivity contribution in [2.75, 3.05) is 49.2 Å². The van der Waals surface area contributed by atoms with Crippen molar-refractivity contribution in [1.29, 1.82) is 0 Å². The van der Waals surface area contributed by atoms with Gasteiger partial charge in [0.05, 0.1) is 0 Å². The van der Waals surface area contributed by atoms with E-state index in [-0.39, 0.29) is 11.1 Å². The van der Waals surface area contributed by atoms with Crippen LogP contribution in [-0.4, -0.2) is 66.3 Å². The van der Waals surface area contributed by atoms with Gasteiger partial charge in [-0.2, -0.15) is 0 Å². The monoisotopic (exact) mass is 542 g/mol. The quantitative estimate of drug-likeness (QED) is 0.226. The zero-order valence-corrected chi connectivity index (χ0v) is 24.8. The summed E-state index contributed by atoms with van der Waals surface area (Å²) in [5.74, 6) is -3.81. The SMILES string of the molecule is CCCCC(CC)COCC(=O)C(O)(O)C(O)(c1ccc(N(CC)CC)cc1)c1ccc(N(CC)CC)cc1. The molecule has 1 atom stereocenters. The van der Waals surface area contributed by atoms with Gasteiger partial charge in [0.2, 0.25) is 5.78 Å². The number of carbonyl (C=O) groups is 1. The lowest BCUT2D eigenvalue weighted by Gasteiger charge is -2.39. The molecule has 0 fully saturated rings. The zero-order chi connectivity index (χ0) is 29.1. The first-order chi connectivity index (χ1) is 18.6. The Morgan fingerprint density at radius 1 is 0.769 bits per heavy atom. The number of ether oxygens (including phenoxy) is 1. The lowest BCUT2D eigenvalue weighted by atomic mass is 9.77. The Hall–Kier alpha value is -2.45. The molecular formula is C32H50N2O5. The van der Waals surface area contributed by atoms with Gasteiger partial charge in [-0.3, -0.25) is 4.79 Å². The van der Waals surface area contributed by atoms with Crippen molar-refractivity contribution in [3.63, 3.8) is 0 Å². The third kappa shape index (κ3) is 7.60. The number of carbonyl (C=O) groups excluding carboxylic acids is 1. The second-order valence-electron chi connectivity index (χ2n) is 10.2. The summed E-state index contributed by atoms with van der Waals surface area (Å²) in [5, 5.41) is 34.8. The standard InChI is InChI=1S/C32H50N2O5/c1-7-13-14-25(8-2)23-39-24-30(35)32(37,38)31(36,26-15-19-28(20-16-26)33(9-3)10-4)27-17-21-29(22-18-27)34(11-5)12-6/h15-22,25,36-38H,7-14,23-24H2,1-6H3. The van der Waals surface area contributed by atoms with E-state index >= 15 is 0 Å². The van der Waals surface area contributed by atoms with E-state index in [2.05, 4.69) is 51.3 Å². The predicted molar refractivity (Wildman–Crippen MR) is 159 cm³/mol. The van der Waals surface area contributed by atoms with Gasteiger partial charge in [-0.25, -0.2) is 0 Å². The first kappa shape index (κ1) is 32.8. The van der Waals surface area contributed by atoms with Crippen LogP contribution in [0.15, 0.2) is 48.5 Å². The summed E-state index contributed by atoms with van der Waals surface area (Å²) in [4.78, 5) is 17.6. The van der Waals surface area contributed by atoms with Crippen molar-refractivity contribution in [3.05, 3.63) is 59.7 Å². The van der Waals surface area contributed by atoms with E-state index in [0.29, 0.717) is 12.5 Å². The van der Waals surface area contributed by atoms with Crippen LogP contribution in [0.1, 0.15) is 78.4 Å². The van der Waals surface area contributed by atoms with Gasteiger partial charge >= 0.3 is 0 Å². The van der Waals surface area contributed by atoms with Gasteiger partial charge in [0, 0.05) is 44.2 Å². The minimum absolute atomic E-state index is 0.210. The van der Waals surface area contributed by atoms with Gasteiger partial charge < -0.3 is 29.9 Å². The first-order valence-corrected chi connectivity index (χ1v) is 14.6. The maximum absolute atomic E-state index is 13.3. The van der Waals surface area contributed by atoms with Gasteiger partial charge in [-0.1, -0.05) is 57.4 Å². The van der Waals surface area contributed by atoms with Crippen molar-refractivity contribution in [2.24, 2.45) is 5.92 Å². The minimum atomic E-state index is -3.12. The number of rotatable bonds is 18. The molecule has 2 aromatic rings. The number of nitrogens with zero attached hydrogens (tertiary/aromatic N) is 2. The zero-order valence-electron chi connectivity index (χ0n) is 24.8. The fourth-order valence-electron chi connectivity index (χ4n) is 5.09. The molecule has 0 radical (unpaired) electrons. The highest BCUT2D eigenvalue weighted by atomic mass is 16.5. The number of ketones is 1. The van der Waals surface area contributed by atoms with Crippen LogP contribution in [0, 0.1) is 5.92 Å². The highest BCUT2D eigenvalue weighted by Gasteiger charge is 2.56. The Labute approximate surface area is 235 Å². The molecule has 0 heterocycles. The lowest BCUT2D eigenvalue weighted by molar-refractivity contribution is -0.252. The fraction of sp³-hybridized carbons (Fsp3) is 0.594. The van der Waals surface area contributed by atoms with Crippen molar-refractivity contribution in [1.82, 2.24) is 0 Å². The molecular weight excluding hydrogens is 492 g/mol. The van der Waals surface area contributed by atoms with E-state index in [4.69, 9.17) is 4.74 Å². The summed E-state index contributed by atoms with van der Waals surface area (Å²) in [7, 11) is 0. The molecule has 2 aromatic carbocycles. The van der Waals surface area contributed by atoms with Gasteiger partial charge in [-0.05, 0) is 75.4 Å². The van der Waals surface area contributed by atoms with E-state index in [9.17, 15) is 20.1 Å². The van der Waals surface area contributed by atoms with E-state index in [1.807, 2.05) is 24.3 Å². The van der Waals surface area contributed by atoms with E-state index in [0.717, 1.165) is 63.2 Å². The number of hydrogen-bond donors (Lipinski definition) is 3. The summed E-state index contributed by atoms with van der Waals surface area (Å²) in [6.07, 6.45) is 4.07. The van der Waals surface area contributed by atoms with Gasteiger partial charge in [0.15, 0.2) is 5.60 Å². The van der Waals surface area contributed by atoms with Crippen molar-refractivity contribution < 1.29 is 24.9 Å². The molecule has 7 heteroatoms. The normalized spacial score (nSPS) is 12.8. The van der Waals surface area contributed by atoms with Gasteiger partial charge in [-0.15, -0.1) is 0 Å². The fourth-order valence-corrected chi connectivity index (χ4v) is 5.09. The predicted octanol–water partition coefficient (Wildman–Crippen LogP) is 5.10. The average molecular weight is 543 g/mol. The van der Waals surface area contributed by atoms with Gasteiger partial charge in [0.25, 0.3) is 5.79 Å². The van der Waals surface area contributed by atoms with E-state index < -0.39 is 23.8 Å². The molecule has 0 saturated heterocycles. The van der Waals surface area contributed by atoms with Crippen molar-refractivity contribution >= 4 is 17.2 Å². The molecule has 0 bridgehead atoms. The molecule has 0 saturated carbocycles. The minimum Gasteiger partial charge on any atom is -0.374 e. The summed E-state index contributed by atoms with van der Waals surface area (Å²) in [5.41, 5.74) is -0.110. The molecule has 0 aliphatic carbocycles. The molecule has 218 valence electrons. The lowest BCUT2D eigenvalue weighted by Crippen LogP contribution is -2.59. The highest BCUT2D eigenvalue weighted by Crippen LogP contribution is 2.40. The van der Waals surface area contributed by atoms with Crippen molar-refractivity contribution in [2.45, 2.75) is 78.6 Å².